The second-order valence-electron chi connectivity index (χ2n) is 8.31. The standard InChI is InChI=1S/C24H32N2O3/c1-2-29-15-5-13-26-22-12-14-25(16-19(22)9-11-24(26)28)17-21-20-7-4-3-6-18(20)8-10-23(21)27/h3-4,6-8,10,19,22,27H,2,5,9,11-17H2,1H3/t19-,22+/m0/s1. The molecule has 0 spiro atoms. The van der Waals surface area contributed by atoms with Crippen LogP contribution in [-0.4, -0.2) is 59.7 Å². The lowest BCUT2D eigenvalue weighted by Crippen LogP contribution is -2.56. The van der Waals surface area contributed by atoms with Crippen LogP contribution < -0.4 is 0 Å². The average Bonchev–Trinajstić information content (AvgIpc) is 2.74. The van der Waals surface area contributed by atoms with Crippen molar-refractivity contribution in [3.05, 3.63) is 42.0 Å². The van der Waals surface area contributed by atoms with Crippen LogP contribution >= 0.6 is 0 Å². The Bertz CT molecular complexity index is 853. The number of carbonyl (C=O) groups excluding carboxylic acids is 1. The number of phenols is 1. The van der Waals surface area contributed by atoms with E-state index in [2.05, 4.69) is 21.9 Å². The SMILES string of the molecule is CCOCCCN1C(=O)CC[C@H]2CN(Cc3c(O)ccc4ccccc34)CC[C@H]21. The number of nitrogens with zero attached hydrogens (tertiary/aromatic N) is 2. The summed E-state index contributed by atoms with van der Waals surface area (Å²) in [7, 11) is 0. The molecule has 2 aromatic carbocycles. The maximum Gasteiger partial charge on any atom is 0.222 e. The highest BCUT2D eigenvalue weighted by Gasteiger charge is 2.39. The van der Waals surface area contributed by atoms with Gasteiger partial charge in [0.1, 0.15) is 5.75 Å². The molecule has 2 fully saturated rings. The Morgan fingerprint density at radius 1 is 1.17 bits per heavy atom. The highest BCUT2D eigenvalue weighted by atomic mass is 16.5. The van der Waals surface area contributed by atoms with E-state index in [1.807, 2.05) is 31.2 Å². The van der Waals surface area contributed by atoms with E-state index in [9.17, 15) is 9.90 Å². The quantitative estimate of drug-likeness (QED) is 0.724. The van der Waals surface area contributed by atoms with Crippen molar-refractivity contribution < 1.29 is 14.6 Å². The molecule has 29 heavy (non-hydrogen) atoms. The molecule has 2 heterocycles. The minimum atomic E-state index is 0.308. The molecule has 0 unspecified atom stereocenters. The van der Waals surface area contributed by atoms with Gasteiger partial charge in [0.15, 0.2) is 0 Å². The Labute approximate surface area is 173 Å². The maximum absolute atomic E-state index is 12.5. The first-order chi connectivity index (χ1) is 14.2. The zero-order chi connectivity index (χ0) is 20.2. The second-order valence-corrected chi connectivity index (χ2v) is 8.31. The number of carbonyl (C=O) groups is 1. The summed E-state index contributed by atoms with van der Waals surface area (Å²) in [5.41, 5.74) is 1.02. The lowest BCUT2D eigenvalue weighted by atomic mass is 9.83. The molecule has 2 aromatic rings. The molecular formula is C24H32N2O3. The number of aromatic hydroxyl groups is 1. The summed E-state index contributed by atoms with van der Waals surface area (Å²) in [6.07, 6.45) is 3.56. The van der Waals surface area contributed by atoms with Gasteiger partial charge in [0.25, 0.3) is 0 Å². The van der Waals surface area contributed by atoms with Crippen LogP contribution in [0.25, 0.3) is 10.8 Å². The molecule has 0 aromatic heterocycles. The van der Waals surface area contributed by atoms with Crippen LogP contribution in [0.1, 0.15) is 38.2 Å². The van der Waals surface area contributed by atoms with Crippen LogP contribution in [0.4, 0.5) is 0 Å². The van der Waals surface area contributed by atoms with Gasteiger partial charge in [0.2, 0.25) is 5.91 Å². The molecule has 0 bridgehead atoms. The van der Waals surface area contributed by atoms with Gasteiger partial charge in [-0.05, 0) is 48.9 Å². The monoisotopic (exact) mass is 396 g/mol. The maximum atomic E-state index is 12.5. The van der Waals surface area contributed by atoms with Gasteiger partial charge in [-0.25, -0.2) is 0 Å². The summed E-state index contributed by atoms with van der Waals surface area (Å²) < 4.78 is 5.46. The highest BCUT2D eigenvalue weighted by molar-refractivity contribution is 5.87. The first-order valence-electron chi connectivity index (χ1n) is 11.0. The predicted octanol–water partition coefficient (Wildman–Crippen LogP) is 3.78. The molecule has 2 aliphatic heterocycles. The van der Waals surface area contributed by atoms with Crippen LogP contribution in [0.5, 0.6) is 5.75 Å². The molecule has 1 amide bonds. The fraction of sp³-hybridized carbons (Fsp3) is 0.542. The predicted molar refractivity (Wildman–Crippen MR) is 115 cm³/mol. The first kappa shape index (κ1) is 20.2. The van der Waals surface area contributed by atoms with Crippen molar-refractivity contribution >= 4 is 16.7 Å². The molecule has 5 heteroatoms. The Balaban J connectivity index is 1.43. The largest absolute Gasteiger partial charge is 0.508 e. The molecule has 1 N–H and O–H groups in total. The Morgan fingerprint density at radius 3 is 2.90 bits per heavy atom. The summed E-state index contributed by atoms with van der Waals surface area (Å²) in [6, 6.07) is 12.4. The van der Waals surface area contributed by atoms with Crippen LogP contribution in [0.2, 0.25) is 0 Å². The fourth-order valence-electron chi connectivity index (χ4n) is 5.06. The number of piperidine rings is 2. The molecule has 2 atom stereocenters. The number of phenolic OH excluding ortho intramolecular Hbond substituents is 1. The van der Waals surface area contributed by atoms with Crippen LogP contribution in [0, 0.1) is 5.92 Å². The van der Waals surface area contributed by atoms with Crippen molar-refractivity contribution in [2.45, 2.75) is 45.2 Å². The van der Waals surface area contributed by atoms with Crippen molar-refractivity contribution in [2.75, 3.05) is 32.8 Å². The van der Waals surface area contributed by atoms with E-state index in [1.54, 1.807) is 0 Å². The number of ether oxygens (including phenoxy) is 1. The fourth-order valence-corrected chi connectivity index (χ4v) is 5.06. The van der Waals surface area contributed by atoms with E-state index in [-0.39, 0.29) is 0 Å². The number of fused-ring (bicyclic) bond motifs is 2. The topological polar surface area (TPSA) is 53.0 Å². The van der Waals surface area contributed by atoms with E-state index in [4.69, 9.17) is 4.74 Å². The van der Waals surface area contributed by atoms with E-state index >= 15 is 0 Å². The van der Waals surface area contributed by atoms with Gasteiger partial charge >= 0.3 is 0 Å². The molecule has 2 aliphatic rings. The van der Waals surface area contributed by atoms with Gasteiger partial charge in [0, 0.05) is 57.4 Å². The third-order valence-electron chi connectivity index (χ3n) is 6.52. The minimum absolute atomic E-state index is 0.308. The molecule has 0 aliphatic carbocycles. The molecular weight excluding hydrogens is 364 g/mol. The number of amides is 1. The van der Waals surface area contributed by atoms with Crippen molar-refractivity contribution in [1.82, 2.24) is 9.80 Å². The molecule has 156 valence electrons. The summed E-state index contributed by atoms with van der Waals surface area (Å²) in [5.74, 6) is 1.20. The van der Waals surface area contributed by atoms with Crippen molar-refractivity contribution in [3.8, 4) is 5.75 Å². The number of hydrogen-bond acceptors (Lipinski definition) is 4. The van der Waals surface area contributed by atoms with Crippen molar-refractivity contribution in [1.29, 1.82) is 0 Å². The van der Waals surface area contributed by atoms with Gasteiger partial charge in [-0.2, -0.15) is 0 Å². The second kappa shape index (κ2) is 9.14. The van der Waals surface area contributed by atoms with E-state index in [0.29, 0.717) is 30.0 Å². The third kappa shape index (κ3) is 4.41. The summed E-state index contributed by atoms with van der Waals surface area (Å²) >= 11 is 0. The van der Waals surface area contributed by atoms with Crippen molar-refractivity contribution in [3.63, 3.8) is 0 Å². The average molecular weight is 397 g/mol. The van der Waals surface area contributed by atoms with Crippen molar-refractivity contribution in [2.24, 2.45) is 5.92 Å². The van der Waals surface area contributed by atoms with Gasteiger partial charge in [-0.1, -0.05) is 30.3 Å². The highest BCUT2D eigenvalue weighted by Crippen LogP contribution is 2.34. The number of rotatable bonds is 7. The number of likely N-dealkylation sites (tertiary alicyclic amines) is 2. The normalized spacial score (nSPS) is 22.8. The number of hydrogen-bond donors (Lipinski definition) is 1. The van der Waals surface area contributed by atoms with E-state index in [0.717, 1.165) is 69.6 Å². The molecule has 4 rings (SSSR count). The minimum Gasteiger partial charge on any atom is -0.508 e. The molecule has 5 nitrogen and oxygen atoms in total. The van der Waals surface area contributed by atoms with Gasteiger partial charge < -0.3 is 14.7 Å². The van der Waals surface area contributed by atoms with Gasteiger partial charge in [-0.15, -0.1) is 0 Å². The van der Waals surface area contributed by atoms with E-state index in [1.165, 1.54) is 5.39 Å². The smallest absolute Gasteiger partial charge is 0.222 e. The molecule has 0 radical (unpaired) electrons. The Hall–Kier alpha value is -2.11. The van der Waals surface area contributed by atoms with Crippen LogP contribution in [0.15, 0.2) is 36.4 Å². The lowest BCUT2D eigenvalue weighted by Gasteiger charge is -2.47. The summed E-state index contributed by atoms with van der Waals surface area (Å²) in [6.45, 7) is 6.98. The lowest BCUT2D eigenvalue weighted by molar-refractivity contribution is -0.141. The zero-order valence-corrected chi connectivity index (χ0v) is 17.3. The number of benzene rings is 2. The van der Waals surface area contributed by atoms with Crippen LogP contribution in [0.3, 0.4) is 0 Å². The van der Waals surface area contributed by atoms with Crippen LogP contribution in [-0.2, 0) is 16.1 Å². The Kier molecular flexibility index (Phi) is 6.36. The first-order valence-corrected chi connectivity index (χ1v) is 11.0. The zero-order valence-electron chi connectivity index (χ0n) is 17.3. The van der Waals surface area contributed by atoms with E-state index < -0.39 is 0 Å². The Morgan fingerprint density at radius 2 is 2.03 bits per heavy atom. The molecule has 0 saturated carbocycles. The summed E-state index contributed by atoms with van der Waals surface area (Å²) in [4.78, 5) is 17.1. The third-order valence-corrected chi connectivity index (χ3v) is 6.52. The van der Waals surface area contributed by atoms with Gasteiger partial charge in [-0.3, -0.25) is 9.69 Å². The van der Waals surface area contributed by atoms with Gasteiger partial charge in [0.05, 0.1) is 0 Å². The summed E-state index contributed by atoms with van der Waals surface area (Å²) in [5, 5.41) is 12.8. The molecule has 2 saturated heterocycles.